The second-order valence-electron chi connectivity index (χ2n) is 6.67. The molecule has 0 aliphatic carbocycles. The second kappa shape index (κ2) is 7.93. The number of H-pyrrole nitrogens is 1. The minimum atomic E-state index is -0.253. The van der Waals surface area contributed by atoms with Crippen LogP contribution in [0.1, 0.15) is 11.1 Å². The lowest BCUT2D eigenvalue weighted by Crippen LogP contribution is -2.19. The van der Waals surface area contributed by atoms with Crippen LogP contribution >= 0.6 is 15.9 Å². The fourth-order valence-corrected chi connectivity index (χ4v) is 3.07. The standard InChI is InChI=1S/C20H23BrN4O/c1-13-10-15(4-6-18(13)21)23-20(26)24-16-5-7-19-17(11-16)14(12-22-19)8-9-25(2)3/h4-7,10-12,22H,8-9H2,1-3H3,(H2,23,24,26). The molecule has 0 aliphatic heterocycles. The van der Waals surface area contributed by atoms with E-state index in [-0.39, 0.29) is 6.03 Å². The number of urea groups is 1. The van der Waals surface area contributed by atoms with E-state index in [1.807, 2.05) is 49.5 Å². The van der Waals surface area contributed by atoms with E-state index in [9.17, 15) is 4.79 Å². The van der Waals surface area contributed by atoms with E-state index in [0.29, 0.717) is 0 Å². The second-order valence-corrected chi connectivity index (χ2v) is 7.52. The Kier molecular flexibility index (Phi) is 5.64. The van der Waals surface area contributed by atoms with Crippen LogP contribution in [0.3, 0.4) is 0 Å². The smallest absolute Gasteiger partial charge is 0.323 e. The molecular weight excluding hydrogens is 392 g/mol. The van der Waals surface area contributed by atoms with E-state index in [2.05, 4.69) is 50.5 Å². The lowest BCUT2D eigenvalue weighted by atomic mass is 10.1. The summed E-state index contributed by atoms with van der Waals surface area (Å²) in [5.41, 5.74) is 4.93. The Morgan fingerprint density at radius 3 is 2.50 bits per heavy atom. The van der Waals surface area contributed by atoms with Crippen LogP contribution in [0.25, 0.3) is 10.9 Å². The summed E-state index contributed by atoms with van der Waals surface area (Å²) in [6.07, 6.45) is 3.00. The summed E-state index contributed by atoms with van der Waals surface area (Å²) >= 11 is 3.46. The molecule has 2 aromatic carbocycles. The van der Waals surface area contributed by atoms with E-state index in [4.69, 9.17) is 0 Å². The highest BCUT2D eigenvalue weighted by atomic mass is 79.9. The monoisotopic (exact) mass is 414 g/mol. The molecular formula is C20H23BrN4O. The van der Waals surface area contributed by atoms with E-state index >= 15 is 0 Å². The molecule has 0 atom stereocenters. The lowest BCUT2D eigenvalue weighted by Gasteiger charge is -2.10. The van der Waals surface area contributed by atoms with Crippen LogP contribution in [0.15, 0.2) is 47.1 Å². The minimum Gasteiger partial charge on any atom is -0.361 e. The average Bonchev–Trinajstić information content (AvgIpc) is 2.98. The van der Waals surface area contributed by atoms with Gasteiger partial charge in [-0.25, -0.2) is 4.79 Å². The van der Waals surface area contributed by atoms with Gasteiger partial charge in [0.1, 0.15) is 0 Å². The van der Waals surface area contributed by atoms with Crippen molar-refractivity contribution in [3.63, 3.8) is 0 Å². The summed E-state index contributed by atoms with van der Waals surface area (Å²) in [5, 5.41) is 6.92. The van der Waals surface area contributed by atoms with E-state index in [0.717, 1.165) is 45.3 Å². The Hall–Kier alpha value is -2.31. The molecule has 5 nitrogen and oxygen atoms in total. The molecule has 2 amide bonds. The van der Waals surface area contributed by atoms with E-state index in [1.165, 1.54) is 5.56 Å². The van der Waals surface area contributed by atoms with Gasteiger partial charge in [0.15, 0.2) is 0 Å². The number of anilines is 2. The number of hydrogen-bond acceptors (Lipinski definition) is 2. The number of rotatable bonds is 5. The molecule has 0 aliphatic rings. The number of benzene rings is 2. The van der Waals surface area contributed by atoms with Crippen molar-refractivity contribution in [3.8, 4) is 0 Å². The Morgan fingerprint density at radius 1 is 1.12 bits per heavy atom. The summed E-state index contributed by atoms with van der Waals surface area (Å²) in [6, 6.07) is 11.4. The molecule has 1 aromatic heterocycles. The number of aryl methyl sites for hydroxylation is 1. The number of aromatic amines is 1. The third kappa shape index (κ3) is 4.45. The number of aromatic nitrogens is 1. The van der Waals surface area contributed by atoms with Gasteiger partial charge in [0.2, 0.25) is 0 Å². The number of halogens is 1. The summed E-state index contributed by atoms with van der Waals surface area (Å²) < 4.78 is 1.02. The van der Waals surface area contributed by atoms with Crippen molar-refractivity contribution in [2.45, 2.75) is 13.3 Å². The van der Waals surface area contributed by atoms with Crippen LogP contribution < -0.4 is 10.6 Å². The third-order valence-corrected chi connectivity index (χ3v) is 5.16. The molecule has 0 radical (unpaired) electrons. The van der Waals surface area contributed by atoms with Gasteiger partial charge in [0, 0.05) is 39.5 Å². The van der Waals surface area contributed by atoms with E-state index < -0.39 is 0 Å². The van der Waals surface area contributed by atoms with Gasteiger partial charge in [-0.15, -0.1) is 0 Å². The quantitative estimate of drug-likeness (QED) is 0.550. The maximum absolute atomic E-state index is 12.3. The number of fused-ring (bicyclic) bond motifs is 1. The van der Waals surface area contributed by atoms with Crippen molar-refractivity contribution >= 4 is 44.2 Å². The van der Waals surface area contributed by atoms with Crippen LogP contribution in [0.4, 0.5) is 16.2 Å². The topological polar surface area (TPSA) is 60.2 Å². The van der Waals surface area contributed by atoms with Gasteiger partial charge in [0.25, 0.3) is 0 Å². The largest absolute Gasteiger partial charge is 0.361 e. The number of carbonyl (C=O) groups is 1. The lowest BCUT2D eigenvalue weighted by molar-refractivity contribution is 0.262. The molecule has 1 heterocycles. The van der Waals surface area contributed by atoms with Gasteiger partial charge in [-0.1, -0.05) is 15.9 Å². The zero-order chi connectivity index (χ0) is 18.7. The molecule has 136 valence electrons. The first-order valence-corrected chi connectivity index (χ1v) is 9.30. The van der Waals surface area contributed by atoms with Crippen LogP contribution in [-0.2, 0) is 6.42 Å². The first-order valence-electron chi connectivity index (χ1n) is 8.51. The highest BCUT2D eigenvalue weighted by Crippen LogP contribution is 2.24. The zero-order valence-electron chi connectivity index (χ0n) is 15.2. The fraction of sp³-hybridized carbons (Fsp3) is 0.250. The summed E-state index contributed by atoms with van der Waals surface area (Å²) in [4.78, 5) is 17.8. The summed E-state index contributed by atoms with van der Waals surface area (Å²) in [5.74, 6) is 0. The molecule has 0 spiro atoms. The SMILES string of the molecule is Cc1cc(NC(=O)Nc2ccc3[nH]cc(CCN(C)C)c3c2)ccc1Br. The van der Waals surface area contributed by atoms with Crippen molar-refractivity contribution < 1.29 is 4.79 Å². The van der Waals surface area contributed by atoms with Gasteiger partial charge >= 0.3 is 6.03 Å². The molecule has 0 bridgehead atoms. The summed E-state index contributed by atoms with van der Waals surface area (Å²) in [6.45, 7) is 2.97. The van der Waals surface area contributed by atoms with Crippen LogP contribution in [0, 0.1) is 6.92 Å². The number of amides is 2. The Labute approximate surface area is 161 Å². The number of nitrogens with zero attached hydrogens (tertiary/aromatic N) is 1. The summed E-state index contributed by atoms with van der Waals surface area (Å²) in [7, 11) is 4.13. The molecule has 6 heteroatoms. The Morgan fingerprint density at radius 2 is 1.81 bits per heavy atom. The first kappa shape index (κ1) is 18.5. The molecule has 0 unspecified atom stereocenters. The highest BCUT2D eigenvalue weighted by molar-refractivity contribution is 9.10. The predicted molar refractivity (Wildman–Crippen MR) is 112 cm³/mol. The average molecular weight is 415 g/mol. The van der Waals surface area contributed by atoms with Gasteiger partial charge in [-0.05, 0) is 75.0 Å². The van der Waals surface area contributed by atoms with Crippen molar-refractivity contribution in [1.82, 2.24) is 9.88 Å². The van der Waals surface area contributed by atoms with Crippen LogP contribution in [-0.4, -0.2) is 36.6 Å². The van der Waals surface area contributed by atoms with Crippen molar-refractivity contribution in [1.29, 1.82) is 0 Å². The van der Waals surface area contributed by atoms with Gasteiger partial charge in [-0.3, -0.25) is 0 Å². The zero-order valence-corrected chi connectivity index (χ0v) is 16.8. The molecule has 3 rings (SSSR count). The van der Waals surface area contributed by atoms with Crippen molar-refractivity contribution in [2.75, 3.05) is 31.3 Å². The van der Waals surface area contributed by atoms with Gasteiger partial charge < -0.3 is 20.5 Å². The highest BCUT2D eigenvalue weighted by Gasteiger charge is 2.08. The molecule has 3 N–H and O–H groups in total. The van der Waals surface area contributed by atoms with Gasteiger partial charge in [0.05, 0.1) is 0 Å². The molecule has 26 heavy (non-hydrogen) atoms. The Balaban J connectivity index is 1.72. The van der Waals surface area contributed by atoms with Crippen molar-refractivity contribution in [3.05, 3.63) is 58.2 Å². The number of hydrogen-bond donors (Lipinski definition) is 3. The molecule has 3 aromatic rings. The normalized spacial score (nSPS) is 11.1. The number of carbonyl (C=O) groups excluding carboxylic acids is 1. The third-order valence-electron chi connectivity index (χ3n) is 4.27. The maximum Gasteiger partial charge on any atom is 0.323 e. The van der Waals surface area contributed by atoms with E-state index in [1.54, 1.807) is 0 Å². The van der Waals surface area contributed by atoms with Crippen molar-refractivity contribution in [2.24, 2.45) is 0 Å². The number of nitrogens with one attached hydrogen (secondary N) is 3. The maximum atomic E-state index is 12.3. The van der Waals surface area contributed by atoms with Gasteiger partial charge in [-0.2, -0.15) is 0 Å². The number of likely N-dealkylation sites (N-methyl/N-ethyl adjacent to an activating group) is 1. The Bertz CT molecular complexity index is 933. The van der Waals surface area contributed by atoms with Crippen LogP contribution in [0.2, 0.25) is 0 Å². The minimum absolute atomic E-state index is 0.253. The molecule has 0 saturated heterocycles. The fourth-order valence-electron chi connectivity index (χ4n) is 2.82. The molecule has 0 fully saturated rings. The predicted octanol–water partition coefficient (Wildman–Crippen LogP) is 4.99. The van der Waals surface area contributed by atoms with Crippen LogP contribution in [0.5, 0.6) is 0 Å². The first-order chi connectivity index (χ1) is 12.4. The molecule has 0 saturated carbocycles.